The number of amidine groups is 1. The van der Waals surface area contributed by atoms with Crippen LogP contribution in [0.5, 0.6) is 0 Å². The summed E-state index contributed by atoms with van der Waals surface area (Å²) in [6, 6.07) is -0.525. The fourth-order valence-corrected chi connectivity index (χ4v) is 2.09. The molecule has 0 aliphatic carbocycles. The van der Waals surface area contributed by atoms with Crippen LogP contribution in [0.1, 0.15) is 39.5 Å². The second-order valence-corrected chi connectivity index (χ2v) is 4.78. The molecule has 0 aromatic rings. The number of urea groups is 1. The molecule has 1 saturated heterocycles. The van der Waals surface area contributed by atoms with Gasteiger partial charge in [-0.3, -0.25) is 15.0 Å². The molecule has 3 atom stereocenters. The number of rotatable bonds is 5. The highest BCUT2D eigenvalue weighted by Crippen LogP contribution is 2.26. The van der Waals surface area contributed by atoms with Crippen molar-refractivity contribution in [3.8, 4) is 0 Å². The lowest BCUT2D eigenvalue weighted by atomic mass is 10.2. The van der Waals surface area contributed by atoms with E-state index in [-0.39, 0.29) is 11.9 Å². The van der Waals surface area contributed by atoms with Crippen LogP contribution in [0.2, 0.25) is 0 Å². The van der Waals surface area contributed by atoms with Gasteiger partial charge in [0.25, 0.3) is 0 Å². The number of aliphatic imine (C=N–C) groups is 1. The summed E-state index contributed by atoms with van der Waals surface area (Å²) in [5, 5.41) is 2.51. The lowest BCUT2D eigenvalue weighted by Gasteiger charge is -2.26. The maximum absolute atomic E-state index is 13.8. The van der Waals surface area contributed by atoms with Crippen LogP contribution in [0.3, 0.4) is 0 Å². The molecule has 7 heteroatoms. The van der Waals surface area contributed by atoms with Crippen LogP contribution in [-0.2, 0) is 9.53 Å². The summed E-state index contributed by atoms with van der Waals surface area (Å²) in [6.07, 6.45) is 0.336. The number of nitrogens with one attached hydrogen (secondary N) is 1. The number of hydrogen-bond acceptors (Lipinski definition) is 3. The Bertz CT molecular complexity index is 376. The van der Waals surface area contributed by atoms with Crippen molar-refractivity contribution in [2.24, 2.45) is 4.99 Å². The highest BCUT2D eigenvalue weighted by molar-refractivity contribution is 5.99. The van der Waals surface area contributed by atoms with Gasteiger partial charge in [0, 0.05) is 19.9 Å². The lowest BCUT2D eigenvalue weighted by Crippen LogP contribution is -2.48. The van der Waals surface area contributed by atoms with Gasteiger partial charge in [0.15, 0.2) is 6.23 Å². The molecule has 1 N–H and O–H groups in total. The third-order valence-corrected chi connectivity index (χ3v) is 3.23. The van der Waals surface area contributed by atoms with E-state index in [1.54, 1.807) is 0 Å². The van der Waals surface area contributed by atoms with E-state index < -0.39 is 18.4 Å². The second kappa shape index (κ2) is 7.94. The first-order valence-electron chi connectivity index (χ1n) is 6.87. The van der Waals surface area contributed by atoms with Crippen molar-refractivity contribution in [1.82, 2.24) is 10.2 Å². The number of nitrogens with zero attached hydrogens (tertiary/aromatic N) is 2. The molecule has 1 aliphatic heterocycles. The van der Waals surface area contributed by atoms with Crippen molar-refractivity contribution in [1.29, 1.82) is 0 Å². The third-order valence-electron chi connectivity index (χ3n) is 3.23. The Hall–Kier alpha value is -1.50. The van der Waals surface area contributed by atoms with Crippen molar-refractivity contribution < 1.29 is 18.7 Å². The zero-order chi connectivity index (χ0) is 15.1. The van der Waals surface area contributed by atoms with E-state index in [0.29, 0.717) is 25.7 Å². The maximum atomic E-state index is 13.8. The predicted octanol–water partition coefficient (Wildman–Crippen LogP) is 1.85. The van der Waals surface area contributed by atoms with Gasteiger partial charge in [-0.1, -0.05) is 13.8 Å². The van der Waals surface area contributed by atoms with E-state index in [1.807, 2.05) is 13.8 Å². The van der Waals surface area contributed by atoms with Gasteiger partial charge >= 0.3 is 6.03 Å². The molecule has 1 fully saturated rings. The number of hydrogen-bond donors (Lipinski definition) is 1. The number of ether oxygens (including phenoxy) is 1. The Morgan fingerprint density at radius 2 is 2.25 bits per heavy atom. The fourth-order valence-electron chi connectivity index (χ4n) is 2.09. The molecule has 6 nitrogen and oxygen atoms in total. The minimum atomic E-state index is -1.20. The minimum absolute atomic E-state index is 0.163. The maximum Gasteiger partial charge on any atom is 0.324 e. The highest BCUT2D eigenvalue weighted by atomic mass is 19.1. The number of carbonyl (C=O) groups excluding carboxylic acids is 2. The number of amides is 3. The Labute approximate surface area is 118 Å². The molecule has 3 unspecified atom stereocenters. The first kappa shape index (κ1) is 16.6. The number of carbonyl (C=O) groups is 2. The van der Waals surface area contributed by atoms with Crippen molar-refractivity contribution in [2.45, 2.75) is 58.0 Å². The van der Waals surface area contributed by atoms with Crippen molar-refractivity contribution >= 4 is 18.3 Å². The smallest absolute Gasteiger partial charge is 0.324 e. The van der Waals surface area contributed by atoms with Gasteiger partial charge in [0.1, 0.15) is 12.0 Å². The Balaban J connectivity index is 2.62. The lowest BCUT2D eigenvalue weighted by molar-refractivity contribution is -0.106. The van der Waals surface area contributed by atoms with Crippen LogP contribution >= 0.6 is 0 Å². The van der Waals surface area contributed by atoms with Gasteiger partial charge in [0.05, 0.1) is 6.10 Å². The van der Waals surface area contributed by atoms with Crippen molar-refractivity contribution in [2.75, 3.05) is 7.05 Å². The van der Waals surface area contributed by atoms with Gasteiger partial charge in [-0.25, -0.2) is 14.2 Å². The standard InChI is InChI=1S/C13H22FN3O3/c1-4-6-11(15-8-18)16-13(19)17(3)12-10(14)7-9(5-2)20-12/h8-10,12H,4-7H2,1-3H3,(H,15,16,18,19). The Morgan fingerprint density at radius 1 is 1.55 bits per heavy atom. The summed E-state index contributed by atoms with van der Waals surface area (Å²) in [5.41, 5.74) is 0. The SMILES string of the molecule is CCCC(=NC=O)NC(=O)N(C)C1OC(CC)CC1F. The fraction of sp³-hybridized carbons (Fsp3) is 0.769. The molecule has 3 amide bonds. The summed E-state index contributed by atoms with van der Waals surface area (Å²) >= 11 is 0. The molecular formula is C13H22FN3O3. The summed E-state index contributed by atoms with van der Waals surface area (Å²) in [5.74, 6) is 0.278. The summed E-state index contributed by atoms with van der Waals surface area (Å²) in [7, 11) is 1.47. The molecular weight excluding hydrogens is 265 g/mol. The molecule has 1 rings (SSSR count). The van der Waals surface area contributed by atoms with Crippen LogP contribution in [0.25, 0.3) is 0 Å². The van der Waals surface area contributed by atoms with Crippen LogP contribution in [0.4, 0.5) is 9.18 Å². The Kier molecular flexibility index (Phi) is 6.57. The first-order valence-corrected chi connectivity index (χ1v) is 6.87. The summed E-state index contributed by atoms with van der Waals surface area (Å²) in [4.78, 5) is 27.1. The van der Waals surface area contributed by atoms with Gasteiger partial charge in [-0.05, 0) is 12.8 Å². The van der Waals surface area contributed by atoms with Gasteiger partial charge in [0.2, 0.25) is 6.41 Å². The van der Waals surface area contributed by atoms with Crippen LogP contribution in [-0.4, -0.2) is 48.7 Å². The largest absolute Gasteiger partial charge is 0.352 e. The van der Waals surface area contributed by atoms with Gasteiger partial charge in [-0.2, -0.15) is 0 Å². The molecule has 0 aromatic carbocycles. The van der Waals surface area contributed by atoms with E-state index in [0.717, 1.165) is 6.42 Å². The van der Waals surface area contributed by atoms with E-state index in [2.05, 4.69) is 10.3 Å². The van der Waals surface area contributed by atoms with Gasteiger partial charge in [-0.15, -0.1) is 0 Å². The number of halogens is 1. The van der Waals surface area contributed by atoms with Crippen LogP contribution in [0.15, 0.2) is 4.99 Å². The molecule has 1 heterocycles. The molecule has 114 valence electrons. The van der Waals surface area contributed by atoms with E-state index in [9.17, 15) is 14.0 Å². The third kappa shape index (κ3) is 4.26. The minimum Gasteiger partial charge on any atom is -0.352 e. The van der Waals surface area contributed by atoms with E-state index in [1.165, 1.54) is 11.9 Å². The predicted molar refractivity (Wildman–Crippen MR) is 73.2 cm³/mol. The van der Waals surface area contributed by atoms with Crippen molar-refractivity contribution in [3.63, 3.8) is 0 Å². The summed E-state index contributed by atoms with van der Waals surface area (Å²) < 4.78 is 19.3. The normalized spacial score (nSPS) is 26.4. The monoisotopic (exact) mass is 287 g/mol. The van der Waals surface area contributed by atoms with Crippen LogP contribution < -0.4 is 5.32 Å². The zero-order valence-electron chi connectivity index (χ0n) is 12.1. The van der Waals surface area contributed by atoms with Crippen LogP contribution in [0, 0.1) is 0 Å². The topological polar surface area (TPSA) is 71.0 Å². The first-order chi connectivity index (χ1) is 9.53. The Morgan fingerprint density at radius 3 is 2.75 bits per heavy atom. The molecule has 0 saturated carbocycles. The second-order valence-electron chi connectivity index (χ2n) is 4.78. The highest BCUT2D eigenvalue weighted by Gasteiger charge is 2.39. The quantitative estimate of drug-likeness (QED) is 0.476. The average Bonchev–Trinajstić information content (AvgIpc) is 2.79. The van der Waals surface area contributed by atoms with E-state index in [4.69, 9.17) is 4.74 Å². The molecule has 0 radical (unpaired) electrons. The zero-order valence-corrected chi connectivity index (χ0v) is 12.1. The molecule has 1 aliphatic rings. The molecule has 20 heavy (non-hydrogen) atoms. The molecule has 0 spiro atoms. The molecule has 0 aromatic heterocycles. The van der Waals surface area contributed by atoms with Gasteiger partial charge < -0.3 is 4.74 Å². The molecule has 0 bridgehead atoms. The average molecular weight is 287 g/mol. The van der Waals surface area contributed by atoms with E-state index >= 15 is 0 Å². The number of alkyl halides is 1. The van der Waals surface area contributed by atoms with Crippen molar-refractivity contribution in [3.05, 3.63) is 0 Å². The summed E-state index contributed by atoms with van der Waals surface area (Å²) in [6.45, 7) is 3.82.